The fourth-order valence-electron chi connectivity index (χ4n) is 3.52. The second kappa shape index (κ2) is 10.5. The number of aryl methyl sites for hydroxylation is 4. The van der Waals surface area contributed by atoms with E-state index in [4.69, 9.17) is 4.74 Å². The van der Waals surface area contributed by atoms with Gasteiger partial charge in [-0.05, 0) is 56.5 Å². The smallest absolute Gasteiger partial charge is 0.271 e. The SMILES string of the molecule is COCCNC(=O)C(c1ccccc1)N(C(=O)c1sc(C)nc1C)c1ccc(C)c(C)c1. The highest BCUT2D eigenvalue weighted by Gasteiger charge is 2.35. The molecular formula is C25H29N3O3S. The zero-order chi connectivity index (χ0) is 23.3. The molecule has 2 aromatic carbocycles. The van der Waals surface area contributed by atoms with Crippen molar-refractivity contribution in [2.24, 2.45) is 0 Å². The molecule has 0 radical (unpaired) electrons. The van der Waals surface area contributed by atoms with Crippen molar-refractivity contribution in [3.05, 3.63) is 80.8 Å². The number of carbonyl (C=O) groups excluding carboxylic acids is 2. The molecule has 1 N–H and O–H groups in total. The zero-order valence-corrected chi connectivity index (χ0v) is 20.0. The number of nitrogens with zero attached hydrogens (tertiary/aromatic N) is 2. The van der Waals surface area contributed by atoms with Gasteiger partial charge in [-0.3, -0.25) is 14.5 Å². The van der Waals surface area contributed by atoms with Gasteiger partial charge in [0.25, 0.3) is 5.91 Å². The number of nitrogens with one attached hydrogen (secondary N) is 1. The summed E-state index contributed by atoms with van der Waals surface area (Å²) in [4.78, 5) is 33.9. The molecule has 0 aliphatic heterocycles. The first-order valence-corrected chi connectivity index (χ1v) is 11.3. The molecule has 3 aromatic rings. The summed E-state index contributed by atoms with van der Waals surface area (Å²) in [6.45, 7) is 8.46. The summed E-state index contributed by atoms with van der Waals surface area (Å²) in [7, 11) is 1.58. The van der Waals surface area contributed by atoms with Crippen molar-refractivity contribution in [2.45, 2.75) is 33.7 Å². The summed E-state index contributed by atoms with van der Waals surface area (Å²) in [6, 6.07) is 14.3. The molecule has 168 valence electrons. The Morgan fingerprint density at radius 2 is 1.78 bits per heavy atom. The van der Waals surface area contributed by atoms with Crippen molar-refractivity contribution in [1.29, 1.82) is 0 Å². The van der Waals surface area contributed by atoms with E-state index in [2.05, 4.69) is 10.3 Å². The van der Waals surface area contributed by atoms with Crippen LogP contribution in [-0.4, -0.2) is 37.1 Å². The number of aromatic nitrogens is 1. The van der Waals surface area contributed by atoms with Crippen LogP contribution in [-0.2, 0) is 9.53 Å². The van der Waals surface area contributed by atoms with Gasteiger partial charge in [0.05, 0.1) is 17.3 Å². The summed E-state index contributed by atoms with van der Waals surface area (Å²) in [5, 5.41) is 3.73. The average molecular weight is 452 g/mol. The minimum Gasteiger partial charge on any atom is -0.383 e. The molecule has 0 spiro atoms. The Bertz CT molecular complexity index is 1100. The molecular weight excluding hydrogens is 422 g/mol. The Kier molecular flexibility index (Phi) is 7.77. The maximum Gasteiger partial charge on any atom is 0.271 e. The molecule has 2 amide bonds. The third-order valence-electron chi connectivity index (χ3n) is 5.31. The Balaban J connectivity index is 2.16. The van der Waals surface area contributed by atoms with Gasteiger partial charge >= 0.3 is 0 Å². The van der Waals surface area contributed by atoms with Gasteiger partial charge in [0.1, 0.15) is 10.9 Å². The largest absolute Gasteiger partial charge is 0.383 e. The highest BCUT2D eigenvalue weighted by molar-refractivity contribution is 7.13. The van der Waals surface area contributed by atoms with Gasteiger partial charge in [-0.1, -0.05) is 36.4 Å². The molecule has 0 bridgehead atoms. The second-order valence-electron chi connectivity index (χ2n) is 7.69. The Hall–Kier alpha value is -3.03. The van der Waals surface area contributed by atoms with Crippen LogP contribution < -0.4 is 10.2 Å². The Morgan fingerprint density at radius 3 is 2.38 bits per heavy atom. The van der Waals surface area contributed by atoms with Crippen molar-refractivity contribution in [2.75, 3.05) is 25.2 Å². The number of anilines is 1. The lowest BCUT2D eigenvalue weighted by Crippen LogP contribution is -2.44. The van der Waals surface area contributed by atoms with E-state index in [1.165, 1.54) is 11.3 Å². The van der Waals surface area contributed by atoms with Crippen molar-refractivity contribution < 1.29 is 14.3 Å². The van der Waals surface area contributed by atoms with Crippen LogP contribution in [0.4, 0.5) is 5.69 Å². The van der Waals surface area contributed by atoms with Crippen LogP contribution in [0.15, 0.2) is 48.5 Å². The van der Waals surface area contributed by atoms with Gasteiger partial charge < -0.3 is 10.1 Å². The van der Waals surface area contributed by atoms with Crippen LogP contribution in [0.5, 0.6) is 0 Å². The molecule has 32 heavy (non-hydrogen) atoms. The number of benzene rings is 2. The number of hydrogen-bond acceptors (Lipinski definition) is 5. The van der Waals surface area contributed by atoms with E-state index in [0.29, 0.717) is 29.4 Å². The summed E-state index contributed by atoms with van der Waals surface area (Å²) in [5.41, 5.74) is 4.22. The summed E-state index contributed by atoms with van der Waals surface area (Å²) < 4.78 is 5.09. The van der Waals surface area contributed by atoms with E-state index < -0.39 is 6.04 Å². The number of rotatable bonds is 8. The number of ether oxygens (including phenoxy) is 1. The molecule has 7 heteroatoms. The van der Waals surface area contributed by atoms with Gasteiger partial charge in [0, 0.05) is 19.3 Å². The second-order valence-corrected chi connectivity index (χ2v) is 8.89. The Labute approximate surface area is 193 Å². The summed E-state index contributed by atoms with van der Waals surface area (Å²) in [5.74, 6) is -0.509. The van der Waals surface area contributed by atoms with Crippen LogP contribution >= 0.6 is 11.3 Å². The molecule has 0 saturated carbocycles. The van der Waals surface area contributed by atoms with Gasteiger partial charge in [-0.15, -0.1) is 11.3 Å². The third-order valence-corrected chi connectivity index (χ3v) is 6.37. The number of carbonyl (C=O) groups is 2. The topological polar surface area (TPSA) is 71.5 Å². The third kappa shape index (κ3) is 5.23. The number of methoxy groups -OCH3 is 1. The highest BCUT2D eigenvalue weighted by atomic mass is 32.1. The lowest BCUT2D eigenvalue weighted by molar-refractivity contribution is -0.122. The number of hydrogen-bond donors (Lipinski definition) is 1. The molecule has 0 aliphatic rings. The van der Waals surface area contributed by atoms with E-state index in [9.17, 15) is 9.59 Å². The fourth-order valence-corrected chi connectivity index (χ4v) is 4.38. The summed E-state index contributed by atoms with van der Waals surface area (Å²) in [6.07, 6.45) is 0. The van der Waals surface area contributed by atoms with Gasteiger partial charge in [0.15, 0.2) is 0 Å². The molecule has 6 nitrogen and oxygen atoms in total. The number of thiazole rings is 1. The molecule has 1 aromatic heterocycles. The van der Waals surface area contributed by atoms with Crippen molar-refractivity contribution in [3.63, 3.8) is 0 Å². The average Bonchev–Trinajstić information content (AvgIpc) is 3.12. The quantitative estimate of drug-likeness (QED) is 0.511. The van der Waals surface area contributed by atoms with Crippen LogP contribution in [0.1, 0.15) is 43.1 Å². The molecule has 1 heterocycles. The standard InChI is InChI=1S/C25H29N3O3S/c1-16-11-12-21(15-17(16)2)28(25(30)23-18(3)27-19(4)32-23)22(20-9-7-6-8-10-20)24(29)26-13-14-31-5/h6-12,15,22H,13-14H2,1-5H3,(H,26,29). The van der Waals surface area contributed by atoms with E-state index in [1.807, 2.05) is 76.2 Å². The minimum absolute atomic E-state index is 0.243. The van der Waals surface area contributed by atoms with Gasteiger partial charge in [-0.25, -0.2) is 4.98 Å². The maximum atomic E-state index is 13.9. The zero-order valence-electron chi connectivity index (χ0n) is 19.1. The first-order chi connectivity index (χ1) is 15.3. The monoisotopic (exact) mass is 451 g/mol. The van der Waals surface area contributed by atoms with Crippen LogP contribution in [0.25, 0.3) is 0 Å². The van der Waals surface area contributed by atoms with Gasteiger partial charge in [0.2, 0.25) is 5.91 Å². The first-order valence-electron chi connectivity index (χ1n) is 10.5. The molecule has 0 aliphatic carbocycles. The molecule has 0 saturated heterocycles. The highest BCUT2D eigenvalue weighted by Crippen LogP contribution is 2.33. The first kappa shape index (κ1) is 23.6. The van der Waals surface area contributed by atoms with E-state index in [-0.39, 0.29) is 11.8 Å². The normalized spacial score (nSPS) is 11.8. The van der Waals surface area contributed by atoms with E-state index in [1.54, 1.807) is 12.0 Å². The lowest BCUT2D eigenvalue weighted by Gasteiger charge is -2.31. The molecule has 1 atom stereocenters. The van der Waals surface area contributed by atoms with Gasteiger partial charge in [-0.2, -0.15) is 0 Å². The van der Waals surface area contributed by atoms with Crippen molar-refractivity contribution in [1.82, 2.24) is 10.3 Å². The van der Waals surface area contributed by atoms with Crippen molar-refractivity contribution in [3.8, 4) is 0 Å². The van der Waals surface area contributed by atoms with Crippen LogP contribution in [0.3, 0.4) is 0 Å². The van der Waals surface area contributed by atoms with E-state index in [0.717, 1.165) is 21.7 Å². The van der Waals surface area contributed by atoms with Crippen molar-refractivity contribution >= 4 is 28.8 Å². The fraction of sp³-hybridized carbons (Fsp3) is 0.320. The van der Waals surface area contributed by atoms with Crippen LogP contribution in [0.2, 0.25) is 0 Å². The lowest BCUT2D eigenvalue weighted by atomic mass is 10.0. The maximum absolute atomic E-state index is 13.9. The van der Waals surface area contributed by atoms with Crippen LogP contribution in [0, 0.1) is 27.7 Å². The summed E-state index contributed by atoms with van der Waals surface area (Å²) >= 11 is 1.34. The molecule has 0 fully saturated rings. The predicted octanol–water partition coefficient (Wildman–Crippen LogP) is 4.53. The molecule has 3 rings (SSSR count). The minimum atomic E-state index is -0.843. The number of amides is 2. The molecule has 1 unspecified atom stereocenters. The predicted molar refractivity (Wildman–Crippen MR) is 128 cm³/mol. The van der Waals surface area contributed by atoms with E-state index >= 15 is 0 Å². The Morgan fingerprint density at radius 1 is 1.06 bits per heavy atom.